The molecule has 0 bridgehead atoms. The number of rotatable bonds is 5. The van der Waals surface area contributed by atoms with Gasteiger partial charge in [0, 0.05) is 24.2 Å². The third-order valence-corrected chi connectivity index (χ3v) is 3.45. The Morgan fingerprint density at radius 2 is 1.62 bits per heavy atom. The van der Waals surface area contributed by atoms with Crippen LogP contribution in [0.3, 0.4) is 0 Å². The molecule has 0 spiro atoms. The molecule has 0 aliphatic heterocycles. The van der Waals surface area contributed by atoms with Gasteiger partial charge in [0.2, 0.25) is 0 Å². The van der Waals surface area contributed by atoms with E-state index in [9.17, 15) is 10.0 Å². The number of nitrogens with zero attached hydrogens (tertiary/aromatic N) is 1. The van der Waals surface area contributed by atoms with Gasteiger partial charge in [0.1, 0.15) is 11.5 Å². The molecule has 0 saturated heterocycles. The van der Waals surface area contributed by atoms with Gasteiger partial charge in [-0.15, -0.1) is 0 Å². The van der Waals surface area contributed by atoms with Crippen LogP contribution in [0.25, 0.3) is 0 Å². The van der Waals surface area contributed by atoms with Crippen LogP contribution < -0.4 is 14.8 Å². The van der Waals surface area contributed by atoms with E-state index in [0.717, 1.165) is 11.3 Å². The van der Waals surface area contributed by atoms with Crippen LogP contribution in [0, 0.1) is 5.21 Å². The second-order valence-corrected chi connectivity index (χ2v) is 5.15. The second-order valence-electron chi connectivity index (χ2n) is 5.15. The molecule has 5 nitrogen and oxygen atoms in total. The minimum Gasteiger partial charge on any atom is -0.619 e. The van der Waals surface area contributed by atoms with Crippen molar-refractivity contribution < 1.29 is 14.3 Å². The second kappa shape index (κ2) is 7.28. The standard InChI is InChI=1S/C19H16N2O3/c22-19(15-10-12-21(23)13-11-15)20-14-16-6-4-5-9-18(16)24-17-7-2-1-3-8-17/h1-13H,14H2,(H,20,22). The Labute approximate surface area is 139 Å². The van der Waals surface area contributed by atoms with E-state index in [1.165, 1.54) is 24.5 Å². The summed E-state index contributed by atoms with van der Waals surface area (Å²) in [7, 11) is 0. The maximum absolute atomic E-state index is 12.1. The van der Waals surface area contributed by atoms with Crippen LogP contribution in [-0.2, 0) is 6.54 Å². The number of carbonyl (C=O) groups excluding carboxylic acids is 1. The molecule has 0 aliphatic rings. The van der Waals surface area contributed by atoms with Crippen molar-refractivity contribution in [1.29, 1.82) is 0 Å². The molecule has 24 heavy (non-hydrogen) atoms. The van der Waals surface area contributed by atoms with E-state index in [-0.39, 0.29) is 5.91 Å². The first-order chi connectivity index (χ1) is 11.7. The Morgan fingerprint density at radius 1 is 0.958 bits per heavy atom. The zero-order chi connectivity index (χ0) is 16.8. The predicted octanol–water partition coefficient (Wildman–Crippen LogP) is 3.04. The van der Waals surface area contributed by atoms with E-state index in [1.807, 2.05) is 54.6 Å². The molecule has 1 N–H and O–H groups in total. The van der Waals surface area contributed by atoms with E-state index in [1.54, 1.807) is 0 Å². The smallest absolute Gasteiger partial charge is 0.252 e. The molecule has 1 heterocycles. The van der Waals surface area contributed by atoms with Gasteiger partial charge in [-0.2, -0.15) is 4.73 Å². The topological polar surface area (TPSA) is 65.3 Å². The van der Waals surface area contributed by atoms with Crippen molar-refractivity contribution in [1.82, 2.24) is 5.32 Å². The van der Waals surface area contributed by atoms with Crippen molar-refractivity contribution in [3.8, 4) is 11.5 Å². The molecule has 120 valence electrons. The van der Waals surface area contributed by atoms with E-state index < -0.39 is 0 Å². The minimum absolute atomic E-state index is 0.245. The number of hydrogen-bond donors (Lipinski definition) is 1. The molecule has 0 atom stereocenters. The summed E-state index contributed by atoms with van der Waals surface area (Å²) in [6.07, 6.45) is 2.59. The average Bonchev–Trinajstić information content (AvgIpc) is 2.62. The molecule has 5 heteroatoms. The highest BCUT2D eigenvalue weighted by molar-refractivity contribution is 5.93. The maximum atomic E-state index is 12.1. The fraction of sp³-hybridized carbons (Fsp3) is 0.0526. The van der Waals surface area contributed by atoms with Crippen LogP contribution in [0.4, 0.5) is 0 Å². The van der Waals surface area contributed by atoms with Gasteiger partial charge in [0.05, 0.1) is 5.56 Å². The van der Waals surface area contributed by atoms with Gasteiger partial charge >= 0.3 is 0 Å². The number of ether oxygens (including phenoxy) is 1. The van der Waals surface area contributed by atoms with Crippen molar-refractivity contribution in [2.75, 3.05) is 0 Å². The molecular formula is C19H16N2O3. The number of amides is 1. The summed E-state index contributed by atoms with van der Waals surface area (Å²) in [5.74, 6) is 1.18. The lowest BCUT2D eigenvalue weighted by Crippen LogP contribution is -2.27. The quantitative estimate of drug-likeness (QED) is 0.580. The van der Waals surface area contributed by atoms with Crippen LogP contribution in [0.5, 0.6) is 11.5 Å². The van der Waals surface area contributed by atoms with Crippen molar-refractivity contribution in [2.45, 2.75) is 6.54 Å². The highest BCUT2D eigenvalue weighted by Gasteiger charge is 2.09. The van der Waals surface area contributed by atoms with Gasteiger partial charge < -0.3 is 15.3 Å². The van der Waals surface area contributed by atoms with E-state index in [2.05, 4.69) is 5.32 Å². The van der Waals surface area contributed by atoms with Crippen LogP contribution in [-0.4, -0.2) is 5.91 Å². The maximum Gasteiger partial charge on any atom is 0.252 e. The highest BCUT2D eigenvalue weighted by atomic mass is 16.5. The Balaban J connectivity index is 1.69. The lowest BCUT2D eigenvalue weighted by molar-refractivity contribution is -0.605. The van der Waals surface area contributed by atoms with E-state index >= 15 is 0 Å². The average molecular weight is 320 g/mol. The van der Waals surface area contributed by atoms with Crippen molar-refractivity contribution in [3.63, 3.8) is 0 Å². The number of para-hydroxylation sites is 2. The summed E-state index contributed by atoms with van der Waals surface area (Å²) in [6, 6.07) is 20.0. The van der Waals surface area contributed by atoms with Gasteiger partial charge in [0.15, 0.2) is 12.4 Å². The van der Waals surface area contributed by atoms with Crippen LogP contribution in [0.1, 0.15) is 15.9 Å². The van der Waals surface area contributed by atoms with Crippen LogP contribution in [0.15, 0.2) is 79.1 Å². The molecule has 0 aliphatic carbocycles. The van der Waals surface area contributed by atoms with Crippen LogP contribution >= 0.6 is 0 Å². The predicted molar refractivity (Wildman–Crippen MR) is 89.5 cm³/mol. The Bertz CT molecular complexity index is 818. The summed E-state index contributed by atoms with van der Waals surface area (Å²) in [4.78, 5) is 12.1. The molecule has 3 aromatic rings. The SMILES string of the molecule is O=C(NCc1ccccc1Oc1ccccc1)c1cc[n+]([O-])cc1. The number of nitrogens with one attached hydrogen (secondary N) is 1. The molecule has 0 saturated carbocycles. The molecular weight excluding hydrogens is 304 g/mol. The monoisotopic (exact) mass is 320 g/mol. The zero-order valence-corrected chi connectivity index (χ0v) is 12.9. The molecule has 0 radical (unpaired) electrons. The first kappa shape index (κ1) is 15.6. The molecule has 0 unspecified atom stereocenters. The first-order valence-corrected chi connectivity index (χ1v) is 7.50. The van der Waals surface area contributed by atoms with E-state index in [4.69, 9.17) is 4.74 Å². The summed E-state index contributed by atoms with van der Waals surface area (Å²) >= 11 is 0. The summed E-state index contributed by atoms with van der Waals surface area (Å²) in [6.45, 7) is 0.327. The molecule has 0 fully saturated rings. The third kappa shape index (κ3) is 3.89. The normalized spacial score (nSPS) is 10.2. The summed E-state index contributed by atoms with van der Waals surface area (Å²) < 4.78 is 6.51. The summed E-state index contributed by atoms with van der Waals surface area (Å²) in [5.41, 5.74) is 1.30. The van der Waals surface area contributed by atoms with Crippen molar-refractivity contribution in [2.24, 2.45) is 0 Å². The molecule has 2 aromatic carbocycles. The summed E-state index contributed by atoms with van der Waals surface area (Å²) in [5, 5.41) is 13.8. The molecule has 1 amide bonds. The minimum atomic E-state index is -0.245. The van der Waals surface area contributed by atoms with Gasteiger partial charge in [-0.25, -0.2) is 0 Å². The largest absolute Gasteiger partial charge is 0.619 e. The van der Waals surface area contributed by atoms with Gasteiger partial charge in [-0.05, 0) is 18.2 Å². The van der Waals surface area contributed by atoms with Crippen LogP contribution in [0.2, 0.25) is 0 Å². The Kier molecular flexibility index (Phi) is 4.72. The molecule has 1 aromatic heterocycles. The fourth-order valence-electron chi connectivity index (χ4n) is 2.21. The van der Waals surface area contributed by atoms with Gasteiger partial charge in [-0.1, -0.05) is 36.4 Å². The first-order valence-electron chi connectivity index (χ1n) is 7.50. The number of benzene rings is 2. The van der Waals surface area contributed by atoms with Crippen molar-refractivity contribution in [3.05, 3.63) is 95.5 Å². The number of carbonyl (C=O) groups is 1. The number of hydrogen-bond acceptors (Lipinski definition) is 3. The fourth-order valence-corrected chi connectivity index (χ4v) is 2.21. The lowest BCUT2D eigenvalue weighted by atomic mass is 10.2. The number of pyridine rings is 1. The number of aromatic nitrogens is 1. The third-order valence-electron chi connectivity index (χ3n) is 3.45. The lowest BCUT2D eigenvalue weighted by Gasteiger charge is -2.12. The van der Waals surface area contributed by atoms with Gasteiger partial charge in [0.25, 0.3) is 5.91 Å². The Hall–Kier alpha value is -3.34. The van der Waals surface area contributed by atoms with Gasteiger partial charge in [-0.3, -0.25) is 4.79 Å². The molecule has 3 rings (SSSR count). The highest BCUT2D eigenvalue weighted by Crippen LogP contribution is 2.24. The van der Waals surface area contributed by atoms with E-state index in [0.29, 0.717) is 22.6 Å². The zero-order valence-electron chi connectivity index (χ0n) is 12.9. The Morgan fingerprint density at radius 3 is 2.38 bits per heavy atom. The van der Waals surface area contributed by atoms with Crippen molar-refractivity contribution >= 4 is 5.91 Å².